The van der Waals surface area contributed by atoms with Crippen molar-refractivity contribution in [1.29, 1.82) is 0 Å². The molecule has 0 saturated heterocycles. The van der Waals surface area contributed by atoms with Crippen LogP contribution in [-0.4, -0.2) is 13.1 Å². The highest BCUT2D eigenvalue weighted by Crippen LogP contribution is 2.58. The molecule has 0 unspecified atom stereocenters. The van der Waals surface area contributed by atoms with Crippen LogP contribution in [0.5, 0.6) is 0 Å². The van der Waals surface area contributed by atoms with Gasteiger partial charge in [-0.15, -0.1) is 0 Å². The first-order valence-electron chi connectivity index (χ1n) is 42.3. The van der Waals surface area contributed by atoms with Gasteiger partial charge in [-0.2, -0.15) is 0 Å². The summed E-state index contributed by atoms with van der Waals surface area (Å²) in [4.78, 5) is 0. The fourth-order valence-corrected chi connectivity index (χ4v) is 17.5. The van der Waals surface area contributed by atoms with E-state index in [1.165, 1.54) is 417 Å². The summed E-state index contributed by atoms with van der Waals surface area (Å²) in [6, 6.07) is 30.5. The molecule has 4 aromatic carbocycles. The second kappa shape index (κ2) is 50.2. The maximum Gasteiger partial charge on any atom is 0.0215 e. The maximum absolute atomic E-state index is 6.04. The predicted octanol–water partition coefficient (Wildman–Crippen LogP) is 29.9. The lowest BCUT2D eigenvalue weighted by molar-refractivity contribution is 0.396. The minimum Gasteiger partial charge on any atom is -0.330 e. The molecule has 4 aromatic rings. The summed E-state index contributed by atoms with van der Waals surface area (Å²) in [6.45, 7) is 10.9. The van der Waals surface area contributed by atoms with E-state index in [9.17, 15) is 0 Å². The van der Waals surface area contributed by atoms with Crippen molar-refractivity contribution in [3.05, 3.63) is 106 Å². The Bertz CT molecular complexity index is 2440. The monoisotopic (exact) mass is 1290 g/mol. The van der Waals surface area contributed by atoms with Crippen LogP contribution >= 0.6 is 0 Å². The first kappa shape index (κ1) is 79.8. The first-order chi connectivity index (χ1) is 46.4. The number of nitrogens with two attached hydrogens (primary N) is 2. The topological polar surface area (TPSA) is 52.0 Å². The summed E-state index contributed by atoms with van der Waals surface area (Å²) in [7, 11) is 0. The Labute approximate surface area is 584 Å². The van der Waals surface area contributed by atoms with Crippen molar-refractivity contribution < 1.29 is 0 Å². The van der Waals surface area contributed by atoms with Gasteiger partial charge >= 0.3 is 0 Å². The standard InChI is InChI=1S/C92H152N2/c1-5-7-9-11-13-15-17-19-21-23-25-27-29-31-33-35-37-39-41-43-45-47-49-55-69-91(70-56-50-48-46-44-42-40-38-36-34-32-30-28-26-24-22-20-18-16-14-12-10-8-6-2)87-75-79(3)61-65-83(87)85-67-63-81(77-89(85)91)82-64-68-86-84-66-62-80(4)76-88(84)92(90(86)78-82,71-57-51-53-59-73-93)72-58-52-54-60-74-94/h61-68,75-78H,5-60,69-74,93-94H2,1-4H3. The van der Waals surface area contributed by atoms with E-state index >= 15 is 0 Å². The summed E-state index contributed by atoms with van der Waals surface area (Å²) in [5, 5.41) is 0. The molecule has 0 radical (unpaired) electrons. The lowest BCUT2D eigenvalue weighted by Crippen LogP contribution is -2.26. The van der Waals surface area contributed by atoms with E-state index < -0.39 is 0 Å². The van der Waals surface area contributed by atoms with Gasteiger partial charge in [0.25, 0.3) is 0 Å². The molecule has 0 atom stereocenters. The van der Waals surface area contributed by atoms with Crippen LogP contribution in [0, 0.1) is 13.8 Å². The zero-order chi connectivity index (χ0) is 66.3. The second-order valence-corrected chi connectivity index (χ2v) is 31.5. The van der Waals surface area contributed by atoms with Gasteiger partial charge in [-0.25, -0.2) is 0 Å². The van der Waals surface area contributed by atoms with Crippen LogP contribution in [-0.2, 0) is 10.8 Å². The van der Waals surface area contributed by atoms with Crippen molar-refractivity contribution in [2.24, 2.45) is 11.5 Å². The van der Waals surface area contributed by atoms with Gasteiger partial charge in [-0.05, 0) is 133 Å². The largest absolute Gasteiger partial charge is 0.330 e. The highest BCUT2D eigenvalue weighted by molar-refractivity contribution is 5.87. The molecule has 0 aromatic heterocycles. The van der Waals surface area contributed by atoms with Crippen molar-refractivity contribution >= 4 is 0 Å². The average molecular weight is 1290 g/mol. The third-order valence-corrected chi connectivity index (χ3v) is 23.4. The van der Waals surface area contributed by atoms with Crippen molar-refractivity contribution in [3.63, 3.8) is 0 Å². The Morgan fingerprint density at radius 1 is 0.213 bits per heavy atom. The van der Waals surface area contributed by atoms with E-state index in [-0.39, 0.29) is 10.8 Å². The number of hydrogen-bond acceptors (Lipinski definition) is 2. The van der Waals surface area contributed by atoms with Crippen molar-refractivity contribution in [2.75, 3.05) is 13.1 Å². The predicted molar refractivity (Wildman–Crippen MR) is 420 cm³/mol. The minimum absolute atomic E-state index is 0.0308. The lowest BCUT2D eigenvalue weighted by Gasteiger charge is -2.34. The Kier molecular flexibility index (Phi) is 42.6. The number of fused-ring (bicyclic) bond motifs is 6. The Morgan fingerprint density at radius 2 is 0.394 bits per heavy atom. The fraction of sp³-hybridized carbons (Fsp3) is 0.739. The van der Waals surface area contributed by atoms with Crippen molar-refractivity contribution in [1.82, 2.24) is 0 Å². The van der Waals surface area contributed by atoms with E-state index in [0.29, 0.717) is 0 Å². The molecule has 2 heteroatoms. The zero-order valence-corrected chi connectivity index (χ0v) is 62.9. The number of hydrogen-bond donors (Lipinski definition) is 2. The summed E-state index contributed by atoms with van der Waals surface area (Å²) in [5.41, 5.74) is 30.3. The molecule has 0 bridgehead atoms. The third-order valence-electron chi connectivity index (χ3n) is 23.4. The van der Waals surface area contributed by atoms with Gasteiger partial charge in [-0.3, -0.25) is 0 Å². The quantitative estimate of drug-likeness (QED) is 0.0433. The number of benzene rings is 4. The van der Waals surface area contributed by atoms with Crippen molar-refractivity contribution in [2.45, 2.75) is 424 Å². The smallest absolute Gasteiger partial charge is 0.0215 e. The van der Waals surface area contributed by atoms with Gasteiger partial charge < -0.3 is 11.5 Å². The lowest BCUT2D eigenvalue weighted by atomic mass is 9.69. The molecule has 4 N–H and O–H groups in total. The zero-order valence-electron chi connectivity index (χ0n) is 62.9. The Morgan fingerprint density at radius 3 is 0.606 bits per heavy atom. The van der Waals surface area contributed by atoms with Gasteiger partial charge in [0.15, 0.2) is 0 Å². The highest BCUT2D eigenvalue weighted by Gasteiger charge is 2.44. The third kappa shape index (κ3) is 28.6. The summed E-state index contributed by atoms with van der Waals surface area (Å²) in [5.74, 6) is 0. The molecule has 0 fully saturated rings. The molecule has 2 aliphatic rings. The van der Waals surface area contributed by atoms with Gasteiger partial charge in [-0.1, -0.05) is 432 Å². The van der Waals surface area contributed by atoms with Crippen LogP contribution in [0.3, 0.4) is 0 Å². The van der Waals surface area contributed by atoms with E-state index in [1.807, 2.05) is 0 Å². The van der Waals surface area contributed by atoms with Gasteiger partial charge in [0, 0.05) is 10.8 Å². The van der Waals surface area contributed by atoms with Crippen LogP contribution in [0.15, 0.2) is 72.8 Å². The van der Waals surface area contributed by atoms with E-state index in [0.717, 1.165) is 25.9 Å². The molecule has 0 amide bonds. The van der Waals surface area contributed by atoms with Crippen LogP contribution in [0.1, 0.15) is 432 Å². The molecule has 94 heavy (non-hydrogen) atoms. The van der Waals surface area contributed by atoms with E-state index in [1.54, 1.807) is 22.3 Å². The Hall–Kier alpha value is -3.20. The first-order valence-corrected chi connectivity index (χ1v) is 42.3. The molecule has 2 nitrogen and oxygen atoms in total. The van der Waals surface area contributed by atoms with Crippen LogP contribution in [0.25, 0.3) is 33.4 Å². The van der Waals surface area contributed by atoms with Gasteiger partial charge in [0.2, 0.25) is 0 Å². The van der Waals surface area contributed by atoms with E-state index in [2.05, 4.69) is 100 Å². The SMILES string of the molecule is CCCCCCCCCCCCCCCCCCCCCCCCCCC1(CCCCCCCCCCCCCCCCCCCCCCCCCC)c2cc(C)ccc2-c2ccc(-c3ccc4c(c3)C(CCCCCCN)(CCCCCCN)c3cc(C)ccc3-4)cc21. The van der Waals surface area contributed by atoms with Crippen LogP contribution in [0.2, 0.25) is 0 Å². The summed E-state index contributed by atoms with van der Waals surface area (Å²) < 4.78 is 0. The molecule has 6 rings (SSSR count). The minimum atomic E-state index is 0.0308. The summed E-state index contributed by atoms with van der Waals surface area (Å²) >= 11 is 0. The van der Waals surface area contributed by atoms with Crippen molar-refractivity contribution in [3.8, 4) is 33.4 Å². The average Bonchev–Trinajstić information content (AvgIpc) is 1.57. The molecular weight excluding hydrogens is 1130 g/mol. The second-order valence-electron chi connectivity index (χ2n) is 31.5. The normalized spacial score (nSPS) is 13.5. The molecule has 0 saturated carbocycles. The van der Waals surface area contributed by atoms with Gasteiger partial charge in [0.05, 0.1) is 0 Å². The molecule has 530 valence electrons. The maximum atomic E-state index is 6.04. The van der Waals surface area contributed by atoms with Crippen LogP contribution in [0.4, 0.5) is 0 Å². The molecule has 0 aliphatic heterocycles. The molecule has 0 spiro atoms. The molecular formula is C92H152N2. The molecule has 0 heterocycles. The fourth-order valence-electron chi connectivity index (χ4n) is 17.5. The highest BCUT2D eigenvalue weighted by atomic mass is 14.5. The molecule has 2 aliphatic carbocycles. The number of aryl methyl sites for hydroxylation is 2. The number of unbranched alkanes of at least 4 members (excludes halogenated alkanes) is 52. The number of rotatable bonds is 63. The summed E-state index contributed by atoms with van der Waals surface area (Å²) in [6.07, 6.45) is 83.9. The Balaban J connectivity index is 1.03. The van der Waals surface area contributed by atoms with E-state index in [4.69, 9.17) is 11.5 Å². The van der Waals surface area contributed by atoms with Crippen LogP contribution < -0.4 is 11.5 Å². The van der Waals surface area contributed by atoms with Gasteiger partial charge in [0.1, 0.15) is 0 Å².